The molecule has 2 N–H and O–H groups in total. The molecule has 1 saturated carbocycles. The van der Waals surface area contributed by atoms with Gasteiger partial charge in [0.25, 0.3) is 0 Å². The summed E-state index contributed by atoms with van der Waals surface area (Å²) in [6.45, 7) is 4.80. The first kappa shape index (κ1) is 20.5. The summed E-state index contributed by atoms with van der Waals surface area (Å²) in [6, 6.07) is -0.735. The second kappa shape index (κ2) is 9.05. The minimum Gasteiger partial charge on any atom is -0.467 e. The molecule has 0 aromatic carbocycles. The van der Waals surface area contributed by atoms with Crippen LogP contribution in [-0.2, 0) is 23.9 Å². The molecule has 2 amide bonds. The summed E-state index contributed by atoms with van der Waals surface area (Å²) < 4.78 is 4.68. The van der Waals surface area contributed by atoms with E-state index in [0.29, 0.717) is 19.3 Å². The van der Waals surface area contributed by atoms with Crippen molar-refractivity contribution in [3.63, 3.8) is 0 Å². The molecule has 1 aliphatic carbocycles. The number of carbonyl (C=O) groups excluding carboxylic acids is 4. The van der Waals surface area contributed by atoms with Crippen molar-refractivity contribution in [2.45, 2.75) is 69.7 Å². The van der Waals surface area contributed by atoms with Crippen LogP contribution in [0.1, 0.15) is 52.9 Å². The molecule has 1 fully saturated rings. The van der Waals surface area contributed by atoms with Crippen LogP contribution in [0.15, 0.2) is 0 Å². The molecule has 0 aromatic rings. The van der Waals surface area contributed by atoms with Crippen molar-refractivity contribution in [2.75, 3.05) is 7.11 Å². The maximum Gasteiger partial charge on any atom is 0.328 e. The molecule has 0 unspecified atom stereocenters. The van der Waals surface area contributed by atoms with Gasteiger partial charge in [0.15, 0.2) is 5.12 Å². The Morgan fingerprint density at radius 2 is 1.79 bits per heavy atom. The third kappa shape index (κ3) is 5.22. The highest BCUT2D eigenvalue weighted by molar-refractivity contribution is 8.14. The third-order valence-corrected chi connectivity index (χ3v) is 5.07. The highest BCUT2D eigenvalue weighted by atomic mass is 32.2. The molecule has 8 heteroatoms. The first-order chi connectivity index (χ1) is 11.3. The minimum absolute atomic E-state index is 0.153. The van der Waals surface area contributed by atoms with E-state index in [0.717, 1.165) is 24.6 Å². The fraction of sp³-hybridized carbons (Fsp3) is 0.750. The zero-order valence-corrected chi connectivity index (χ0v) is 15.5. The Balaban J connectivity index is 2.83. The zero-order valence-electron chi connectivity index (χ0n) is 14.6. The van der Waals surface area contributed by atoms with Crippen molar-refractivity contribution >= 4 is 34.7 Å². The number of hydrogen-bond donors (Lipinski definition) is 2. The van der Waals surface area contributed by atoms with Crippen LogP contribution in [0.3, 0.4) is 0 Å². The van der Waals surface area contributed by atoms with Gasteiger partial charge in [0.05, 0.1) is 12.4 Å². The Bertz CT molecular complexity index is 503. The lowest BCUT2D eigenvalue weighted by molar-refractivity contribution is -0.146. The summed E-state index contributed by atoms with van der Waals surface area (Å²) in [4.78, 5) is 47.9. The summed E-state index contributed by atoms with van der Waals surface area (Å²) in [5, 5.41) is 4.76. The van der Waals surface area contributed by atoms with Gasteiger partial charge in [0.2, 0.25) is 11.8 Å². The lowest BCUT2D eigenvalue weighted by atomic mass is 9.95. The molecule has 2 atom stereocenters. The van der Waals surface area contributed by atoms with Gasteiger partial charge in [-0.25, -0.2) is 4.79 Å². The van der Waals surface area contributed by atoms with Gasteiger partial charge in [-0.2, -0.15) is 0 Å². The van der Waals surface area contributed by atoms with Crippen molar-refractivity contribution in [3.8, 4) is 0 Å². The van der Waals surface area contributed by atoms with Gasteiger partial charge in [-0.1, -0.05) is 31.5 Å². The van der Waals surface area contributed by atoms with Crippen molar-refractivity contribution in [1.29, 1.82) is 0 Å². The number of carbonyl (C=O) groups is 4. The smallest absolute Gasteiger partial charge is 0.328 e. The number of methoxy groups -OCH3 is 1. The van der Waals surface area contributed by atoms with E-state index in [1.54, 1.807) is 13.8 Å². The number of ether oxygens (including phenoxy) is 1. The first-order valence-corrected chi connectivity index (χ1v) is 9.01. The van der Waals surface area contributed by atoms with Gasteiger partial charge in [0.1, 0.15) is 11.6 Å². The standard InChI is InChI=1S/C16H26N2O5S/c1-5-12(14(21)23-4)17-15(22)16(8-6-7-9-16)18-13(20)10(2)24-11(3)19/h10,12H,5-9H2,1-4H3,(H,17,22)(H,18,20)/t10-,12+/m1/s1. The normalized spacial score (nSPS) is 18.3. The predicted octanol–water partition coefficient (Wildman–Crippen LogP) is 1.15. The third-order valence-electron chi connectivity index (χ3n) is 4.17. The van der Waals surface area contributed by atoms with Crippen molar-refractivity contribution in [2.24, 2.45) is 0 Å². The average molecular weight is 358 g/mol. The fourth-order valence-corrected chi connectivity index (χ4v) is 3.46. The average Bonchev–Trinajstić information content (AvgIpc) is 3.00. The number of rotatable bonds is 7. The molecule has 136 valence electrons. The second-order valence-corrected chi connectivity index (χ2v) is 7.51. The van der Waals surface area contributed by atoms with E-state index in [9.17, 15) is 19.2 Å². The topological polar surface area (TPSA) is 102 Å². The van der Waals surface area contributed by atoms with Crippen LogP contribution < -0.4 is 10.6 Å². The molecule has 24 heavy (non-hydrogen) atoms. The highest BCUT2D eigenvalue weighted by Crippen LogP contribution is 2.31. The monoisotopic (exact) mass is 358 g/mol. The summed E-state index contributed by atoms with van der Waals surface area (Å²) in [7, 11) is 1.27. The lowest BCUT2D eigenvalue weighted by Crippen LogP contribution is -2.60. The maximum atomic E-state index is 12.7. The van der Waals surface area contributed by atoms with Gasteiger partial charge in [-0.05, 0) is 26.2 Å². The summed E-state index contributed by atoms with van der Waals surface area (Å²) in [5.41, 5.74) is -1.02. The van der Waals surface area contributed by atoms with Gasteiger partial charge in [-0.15, -0.1) is 0 Å². The maximum absolute atomic E-state index is 12.7. The number of esters is 1. The molecule has 1 aliphatic rings. The predicted molar refractivity (Wildman–Crippen MR) is 91.3 cm³/mol. The summed E-state index contributed by atoms with van der Waals surface area (Å²) >= 11 is 0.926. The molecule has 0 bridgehead atoms. The molecular weight excluding hydrogens is 332 g/mol. The van der Waals surface area contributed by atoms with E-state index in [2.05, 4.69) is 15.4 Å². The van der Waals surface area contributed by atoms with E-state index >= 15 is 0 Å². The molecule has 7 nitrogen and oxygen atoms in total. The highest BCUT2D eigenvalue weighted by Gasteiger charge is 2.44. The molecule has 0 spiro atoms. The van der Waals surface area contributed by atoms with Gasteiger partial charge < -0.3 is 15.4 Å². The quantitative estimate of drug-likeness (QED) is 0.662. The Morgan fingerprint density at radius 3 is 2.25 bits per heavy atom. The molecule has 0 aromatic heterocycles. The van der Waals surface area contributed by atoms with Crippen LogP contribution in [0.25, 0.3) is 0 Å². The minimum atomic E-state index is -1.02. The number of amides is 2. The Labute approximate surface area is 146 Å². The second-order valence-electron chi connectivity index (χ2n) is 5.99. The van der Waals surface area contributed by atoms with Crippen molar-refractivity contribution in [1.82, 2.24) is 10.6 Å². The Hall–Kier alpha value is -1.57. The van der Waals surface area contributed by atoms with Gasteiger partial charge in [-0.3, -0.25) is 14.4 Å². The van der Waals surface area contributed by atoms with E-state index in [1.807, 2.05) is 0 Å². The fourth-order valence-electron chi connectivity index (χ4n) is 2.79. The van der Waals surface area contributed by atoms with Crippen LogP contribution in [0.5, 0.6) is 0 Å². The number of hydrogen-bond acceptors (Lipinski definition) is 6. The van der Waals surface area contributed by atoms with Crippen molar-refractivity contribution in [3.05, 3.63) is 0 Å². The van der Waals surface area contributed by atoms with Crippen LogP contribution in [-0.4, -0.2) is 46.8 Å². The van der Waals surface area contributed by atoms with E-state index in [4.69, 9.17) is 0 Å². The molecule has 0 aliphatic heterocycles. The van der Waals surface area contributed by atoms with E-state index in [1.165, 1.54) is 14.0 Å². The van der Waals surface area contributed by atoms with E-state index < -0.39 is 22.8 Å². The molecule has 0 saturated heterocycles. The zero-order chi connectivity index (χ0) is 18.3. The first-order valence-electron chi connectivity index (χ1n) is 8.13. The largest absolute Gasteiger partial charge is 0.467 e. The molecule has 1 rings (SSSR count). The van der Waals surface area contributed by atoms with Crippen LogP contribution in [0.2, 0.25) is 0 Å². The summed E-state index contributed by atoms with van der Waals surface area (Å²) in [5.74, 6) is -1.23. The van der Waals surface area contributed by atoms with Crippen LogP contribution in [0, 0.1) is 0 Å². The SMILES string of the molecule is CC[C@H](NC(=O)C1(NC(=O)[C@@H](C)SC(C)=O)CCCC1)C(=O)OC. The number of nitrogens with one attached hydrogen (secondary N) is 2. The molecule has 0 radical (unpaired) electrons. The number of thioether (sulfide) groups is 1. The molecule has 0 heterocycles. The lowest BCUT2D eigenvalue weighted by Gasteiger charge is -2.31. The Kier molecular flexibility index (Phi) is 7.72. The Morgan fingerprint density at radius 1 is 1.21 bits per heavy atom. The summed E-state index contributed by atoms with van der Waals surface area (Å²) in [6.07, 6.45) is 3.06. The van der Waals surface area contributed by atoms with E-state index in [-0.39, 0.29) is 16.9 Å². The van der Waals surface area contributed by atoms with Crippen LogP contribution in [0.4, 0.5) is 0 Å². The molecular formula is C16H26N2O5S. The van der Waals surface area contributed by atoms with Crippen molar-refractivity contribution < 1.29 is 23.9 Å². The van der Waals surface area contributed by atoms with Gasteiger partial charge in [0, 0.05) is 6.92 Å². The van der Waals surface area contributed by atoms with Crippen LogP contribution >= 0.6 is 11.8 Å². The van der Waals surface area contributed by atoms with Gasteiger partial charge >= 0.3 is 5.97 Å².